The summed E-state index contributed by atoms with van der Waals surface area (Å²) in [4.78, 5) is 4.79. The molecule has 1 aromatic carbocycles. The molecular weight excluding hydrogens is 274 g/mol. The zero-order chi connectivity index (χ0) is 14.3. The summed E-state index contributed by atoms with van der Waals surface area (Å²) in [5.74, 6) is 0.930. The van der Waals surface area contributed by atoms with Gasteiger partial charge in [-0.15, -0.1) is 0 Å². The van der Waals surface area contributed by atoms with Crippen LogP contribution in [0.15, 0.2) is 18.2 Å². The fourth-order valence-electron chi connectivity index (χ4n) is 2.92. The summed E-state index contributed by atoms with van der Waals surface area (Å²) in [7, 11) is 0. The van der Waals surface area contributed by atoms with Crippen molar-refractivity contribution < 1.29 is 4.74 Å². The zero-order valence-corrected chi connectivity index (χ0v) is 12.7. The van der Waals surface area contributed by atoms with Gasteiger partial charge in [0.15, 0.2) is 0 Å². The van der Waals surface area contributed by atoms with E-state index in [4.69, 9.17) is 27.1 Å². The standard InChI is InChI=1S/C15H20ClN3O/c1-10(2)19-13-11(16)4-3-5-12(13)18-14(19)15(17)6-8-20-9-7-15/h3-5,10H,6-9,17H2,1-2H3. The number of hydrogen-bond acceptors (Lipinski definition) is 3. The highest BCUT2D eigenvalue weighted by Gasteiger charge is 2.36. The van der Waals surface area contributed by atoms with Crippen molar-refractivity contribution >= 4 is 22.6 Å². The second-order valence-corrected chi connectivity index (χ2v) is 6.18. The van der Waals surface area contributed by atoms with Gasteiger partial charge in [-0.05, 0) is 38.8 Å². The minimum atomic E-state index is -0.426. The minimum absolute atomic E-state index is 0.262. The first-order chi connectivity index (χ1) is 9.53. The summed E-state index contributed by atoms with van der Waals surface area (Å²) < 4.78 is 7.62. The Bertz CT molecular complexity index is 629. The van der Waals surface area contributed by atoms with Crippen LogP contribution >= 0.6 is 11.6 Å². The summed E-state index contributed by atoms with van der Waals surface area (Å²) >= 11 is 6.38. The molecule has 0 amide bonds. The lowest BCUT2D eigenvalue weighted by Crippen LogP contribution is -2.44. The van der Waals surface area contributed by atoms with Gasteiger partial charge in [-0.3, -0.25) is 0 Å². The van der Waals surface area contributed by atoms with Crippen molar-refractivity contribution in [2.75, 3.05) is 13.2 Å². The van der Waals surface area contributed by atoms with E-state index in [0.29, 0.717) is 13.2 Å². The van der Waals surface area contributed by atoms with Crippen LogP contribution in [0.2, 0.25) is 5.02 Å². The van der Waals surface area contributed by atoms with E-state index in [0.717, 1.165) is 34.7 Å². The molecule has 0 saturated carbocycles. The molecule has 1 aliphatic rings. The number of halogens is 1. The highest BCUT2D eigenvalue weighted by atomic mass is 35.5. The lowest BCUT2D eigenvalue weighted by atomic mass is 9.90. The SMILES string of the molecule is CC(C)n1c(C2(N)CCOCC2)nc2cccc(Cl)c21. The van der Waals surface area contributed by atoms with Gasteiger partial charge < -0.3 is 15.0 Å². The quantitative estimate of drug-likeness (QED) is 0.925. The van der Waals surface area contributed by atoms with E-state index in [1.807, 2.05) is 18.2 Å². The van der Waals surface area contributed by atoms with Gasteiger partial charge >= 0.3 is 0 Å². The van der Waals surface area contributed by atoms with Gasteiger partial charge in [-0.25, -0.2) is 4.98 Å². The molecule has 108 valence electrons. The second-order valence-electron chi connectivity index (χ2n) is 5.78. The monoisotopic (exact) mass is 293 g/mol. The van der Waals surface area contributed by atoms with Crippen LogP contribution in [-0.4, -0.2) is 22.8 Å². The third-order valence-corrected chi connectivity index (χ3v) is 4.31. The number of rotatable bonds is 2. The fourth-order valence-corrected chi connectivity index (χ4v) is 3.18. The Morgan fingerprint density at radius 3 is 2.70 bits per heavy atom. The summed E-state index contributed by atoms with van der Waals surface area (Å²) in [6, 6.07) is 6.09. The molecule has 3 rings (SSSR count). The number of benzene rings is 1. The molecule has 0 radical (unpaired) electrons. The Balaban J connectivity index is 2.24. The van der Waals surface area contributed by atoms with E-state index < -0.39 is 5.54 Å². The van der Waals surface area contributed by atoms with Gasteiger partial charge in [0.25, 0.3) is 0 Å². The molecule has 0 atom stereocenters. The van der Waals surface area contributed by atoms with Gasteiger partial charge in [-0.1, -0.05) is 17.7 Å². The first-order valence-electron chi connectivity index (χ1n) is 7.06. The lowest BCUT2D eigenvalue weighted by molar-refractivity contribution is 0.0477. The van der Waals surface area contributed by atoms with E-state index in [-0.39, 0.29) is 6.04 Å². The number of nitrogens with zero attached hydrogens (tertiary/aromatic N) is 2. The normalized spacial score (nSPS) is 18.9. The van der Waals surface area contributed by atoms with Gasteiger partial charge in [0.1, 0.15) is 5.82 Å². The Labute approximate surface area is 123 Å². The molecule has 0 spiro atoms. The molecule has 20 heavy (non-hydrogen) atoms. The molecule has 2 aromatic rings. The van der Waals surface area contributed by atoms with E-state index in [1.165, 1.54) is 0 Å². The number of ether oxygens (including phenoxy) is 1. The van der Waals surface area contributed by atoms with Crippen LogP contribution in [-0.2, 0) is 10.3 Å². The summed E-state index contributed by atoms with van der Waals surface area (Å²) in [5.41, 5.74) is 8.10. The maximum atomic E-state index is 6.63. The van der Waals surface area contributed by atoms with Crippen molar-refractivity contribution in [1.29, 1.82) is 0 Å². The van der Waals surface area contributed by atoms with Crippen LogP contribution < -0.4 is 5.73 Å². The van der Waals surface area contributed by atoms with E-state index in [2.05, 4.69) is 18.4 Å². The van der Waals surface area contributed by atoms with Crippen molar-refractivity contribution in [3.8, 4) is 0 Å². The van der Waals surface area contributed by atoms with Crippen LogP contribution in [0.1, 0.15) is 38.6 Å². The van der Waals surface area contributed by atoms with E-state index >= 15 is 0 Å². The predicted molar refractivity (Wildman–Crippen MR) is 81.0 cm³/mol. The fraction of sp³-hybridized carbons (Fsp3) is 0.533. The summed E-state index contributed by atoms with van der Waals surface area (Å²) in [5, 5.41) is 0.727. The number of hydrogen-bond donors (Lipinski definition) is 1. The molecule has 0 unspecified atom stereocenters. The topological polar surface area (TPSA) is 53.1 Å². The molecule has 0 bridgehead atoms. The number of para-hydroxylation sites is 1. The maximum absolute atomic E-state index is 6.63. The van der Waals surface area contributed by atoms with Crippen LogP contribution in [0.3, 0.4) is 0 Å². The van der Waals surface area contributed by atoms with Crippen molar-refractivity contribution in [3.63, 3.8) is 0 Å². The molecule has 1 aliphatic heterocycles. The maximum Gasteiger partial charge on any atom is 0.130 e. The Kier molecular flexibility index (Phi) is 3.48. The lowest BCUT2D eigenvalue weighted by Gasteiger charge is -2.34. The van der Waals surface area contributed by atoms with Crippen LogP contribution in [0.4, 0.5) is 0 Å². The number of fused-ring (bicyclic) bond motifs is 1. The van der Waals surface area contributed by atoms with Crippen molar-refractivity contribution in [3.05, 3.63) is 29.0 Å². The third-order valence-electron chi connectivity index (χ3n) is 4.01. The zero-order valence-electron chi connectivity index (χ0n) is 11.9. The predicted octanol–water partition coefficient (Wildman–Crippen LogP) is 3.24. The Hall–Kier alpha value is -1.10. The second kappa shape index (κ2) is 5.02. The first-order valence-corrected chi connectivity index (χ1v) is 7.44. The van der Waals surface area contributed by atoms with Crippen LogP contribution in [0, 0.1) is 0 Å². The molecule has 1 fully saturated rings. The molecule has 1 aromatic heterocycles. The van der Waals surface area contributed by atoms with E-state index in [9.17, 15) is 0 Å². The Morgan fingerprint density at radius 1 is 1.35 bits per heavy atom. The van der Waals surface area contributed by atoms with E-state index in [1.54, 1.807) is 0 Å². The smallest absolute Gasteiger partial charge is 0.130 e. The van der Waals surface area contributed by atoms with Crippen molar-refractivity contribution in [2.24, 2.45) is 5.73 Å². The minimum Gasteiger partial charge on any atom is -0.381 e. The van der Waals surface area contributed by atoms with Gasteiger partial charge in [0.2, 0.25) is 0 Å². The molecule has 2 heterocycles. The van der Waals surface area contributed by atoms with Crippen molar-refractivity contribution in [1.82, 2.24) is 9.55 Å². The van der Waals surface area contributed by atoms with Crippen LogP contribution in [0.5, 0.6) is 0 Å². The third kappa shape index (κ3) is 2.12. The molecular formula is C15H20ClN3O. The van der Waals surface area contributed by atoms with Crippen molar-refractivity contribution in [2.45, 2.75) is 38.3 Å². The van der Waals surface area contributed by atoms with Gasteiger partial charge in [0, 0.05) is 19.3 Å². The summed E-state index contributed by atoms with van der Waals surface area (Å²) in [6.45, 7) is 5.64. The molecule has 1 saturated heterocycles. The molecule has 2 N–H and O–H groups in total. The average molecular weight is 294 g/mol. The number of nitrogens with two attached hydrogens (primary N) is 1. The largest absolute Gasteiger partial charge is 0.381 e. The highest BCUT2D eigenvalue weighted by molar-refractivity contribution is 6.35. The number of imidazole rings is 1. The highest BCUT2D eigenvalue weighted by Crippen LogP contribution is 2.35. The van der Waals surface area contributed by atoms with Crippen LogP contribution in [0.25, 0.3) is 11.0 Å². The number of aromatic nitrogens is 2. The average Bonchev–Trinajstić information content (AvgIpc) is 2.81. The molecule has 4 nitrogen and oxygen atoms in total. The van der Waals surface area contributed by atoms with Gasteiger partial charge in [0.05, 0.1) is 21.6 Å². The van der Waals surface area contributed by atoms with Gasteiger partial charge in [-0.2, -0.15) is 0 Å². The Morgan fingerprint density at radius 2 is 2.05 bits per heavy atom. The molecule has 0 aliphatic carbocycles. The first kappa shape index (κ1) is 13.9. The summed E-state index contributed by atoms with van der Waals surface area (Å²) in [6.07, 6.45) is 1.58. The molecule has 5 heteroatoms.